The molecular formula is C19H22N2O4. The van der Waals surface area contributed by atoms with Crippen molar-refractivity contribution in [2.75, 3.05) is 24.9 Å². The smallest absolute Gasteiger partial charge is 0.239 e. The van der Waals surface area contributed by atoms with Crippen LogP contribution in [-0.4, -0.2) is 26.0 Å². The molecule has 25 heavy (non-hydrogen) atoms. The molecule has 2 N–H and O–H groups in total. The predicted octanol–water partition coefficient (Wildman–Crippen LogP) is 3.31. The highest BCUT2D eigenvalue weighted by molar-refractivity contribution is 6.14. The van der Waals surface area contributed by atoms with Gasteiger partial charge in [0, 0.05) is 11.8 Å². The summed E-state index contributed by atoms with van der Waals surface area (Å²) in [5, 5.41) is 5.48. The van der Waals surface area contributed by atoms with E-state index in [2.05, 4.69) is 10.6 Å². The maximum atomic E-state index is 12.6. The summed E-state index contributed by atoms with van der Waals surface area (Å²) in [4.78, 5) is 25.2. The second-order valence-corrected chi connectivity index (χ2v) is 5.97. The first-order chi connectivity index (χ1) is 11.9. The number of nitrogens with one attached hydrogen (secondary N) is 2. The maximum absolute atomic E-state index is 12.6. The zero-order valence-electron chi connectivity index (χ0n) is 14.8. The van der Waals surface area contributed by atoms with E-state index in [4.69, 9.17) is 9.47 Å². The van der Waals surface area contributed by atoms with Crippen LogP contribution in [0.5, 0.6) is 11.5 Å². The molecule has 0 bridgehead atoms. The van der Waals surface area contributed by atoms with E-state index in [1.54, 1.807) is 69.5 Å². The van der Waals surface area contributed by atoms with Crippen molar-refractivity contribution in [3.8, 4) is 11.5 Å². The molecule has 0 fully saturated rings. The Labute approximate surface area is 147 Å². The van der Waals surface area contributed by atoms with Gasteiger partial charge in [-0.2, -0.15) is 0 Å². The first-order valence-corrected chi connectivity index (χ1v) is 7.78. The van der Waals surface area contributed by atoms with Gasteiger partial charge in [-0.05, 0) is 38.1 Å². The number of amides is 2. The number of anilines is 2. The molecule has 0 aromatic heterocycles. The van der Waals surface area contributed by atoms with E-state index in [-0.39, 0.29) is 0 Å². The Hall–Kier alpha value is -3.02. The molecule has 0 saturated carbocycles. The summed E-state index contributed by atoms with van der Waals surface area (Å²) >= 11 is 0. The number of rotatable bonds is 6. The van der Waals surface area contributed by atoms with Gasteiger partial charge in [-0.3, -0.25) is 9.59 Å². The topological polar surface area (TPSA) is 76.7 Å². The number of para-hydroxylation sites is 2. The number of methoxy groups -OCH3 is 2. The third-order valence-electron chi connectivity index (χ3n) is 3.82. The fourth-order valence-electron chi connectivity index (χ4n) is 2.12. The van der Waals surface area contributed by atoms with E-state index in [0.29, 0.717) is 22.9 Å². The standard InChI is InChI=1S/C19H22N2O4/c1-19(2,17(22)20-13-8-7-9-14(12-13)24-3)18(23)21-15-10-5-6-11-16(15)25-4/h5-12H,1-4H3,(H,20,22)(H,21,23). The minimum Gasteiger partial charge on any atom is -0.497 e. The van der Waals surface area contributed by atoms with Gasteiger partial charge in [-0.1, -0.05) is 18.2 Å². The highest BCUT2D eigenvalue weighted by atomic mass is 16.5. The number of hydrogen-bond donors (Lipinski definition) is 2. The van der Waals surface area contributed by atoms with Crippen LogP contribution in [0, 0.1) is 5.41 Å². The molecule has 0 heterocycles. The van der Waals surface area contributed by atoms with Crippen molar-refractivity contribution in [1.29, 1.82) is 0 Å². The first kappa shape index (κ1) is 18.3. The van der Waals surface area contributed by atoms with Gasteiger partial charge >= 0.3 is 0 Å². The SMILES string of the molecule is COc1cccc(NC(=O)C(C)(C)C(=O)Nc2ccccc2OC)c1. The largest absolute Gasteiger partial charge is 0.497 e. The molecule has 0 aliphatic heterocycles. The van der Waals surface area contributed by atoms with Crippen LogP contribution in [0.25, 0.3) is 0 Å². The molecule has 0 spiro atoms. The molecule has 0 atom stereocenters. The Kier molecular flexibility index (Phi) is 5.64. The number of ether oxygens (including phenoxy) is 2. The Bertz CT molecular complexity index is 772. The summed E-state index contributed by atoms with van der Waals surface area (Å²) in [7, 11) is 3.07. The van der Waals surface area contributed by atoms with Crippen molar-refractivity contribution < 1.29 is 19.1 Å². The Morgan fingerprint density at radius 3 is 2.24 bits per heavy atom. The quantitative estimate of drug-likeness (QED) is 0.790. The van der Waals surface area contributed by atoms with Crippen molar-refractivity contribution in [3.05, 3.63) is 48.5 Å². The predicted molar refractivity (Wildman–Crippen MR) is 97.0 cm³/mol. The average Bonchev–Trinajstić information content (AvgIpc) is 2.62. The zero-order valence-corrected chi connectivity index (χ0v) is 14.8. The van der Waals surface area contributed by atoms with Gasteiger partial charge in [0.1, 0.15) is 16.9 Å². The first-order valence-electron chi connectivity index (χ1n) is 7.78. The minimum absolute atomic E-state index is 0.423. The summed E-state index contributed by atoms with van der Waals surface area (Å²) < 4.78 is 10.3. The highest BCUT2D eigenvalue weighted by Crippen LogP contribution is 2.27. The van der Waals surface area contributed by atoms with E-state index < -0.39 is 17.2 Å². The van der Waals surface area contributed by atoms with Crippen LogP contribution in [-0.2, 0) is 9.59 Å². The van der Waals surface area contributed by atoms with Gasteiger partial charge in [-0.25, -0.2) is 0 Å². The maximum Gasteiger partial charge on any atom is 0.239 e. The van der Waals surface area contributed by atoms with Gasteiger partial charge in [0.25, 0.3) is 0 Å². The molecule has 0 aliphatic rings. The number of carbonyl (C=O) groups is 2. The van der Waals surface area contributed by atoms with E-state index >= 15 is 0 Å². The van der Waals surface area contributed by atoms with Crippen LogP contribution < -0.4 is 20.1 Å². The van der Waals surface area contributed by atoms with Crippen LogP contribution in [0.4, 0.5) is 11.4 Å². The lowest BCUT2D eigenvalue weighted by molar-refractivity contribution is -0.135. The minimum atomic E-state index is -1.29. The lowest BCUT2D eigenvalue weighted by atomic mass is 9.90. The van der Waals surface area contributed by atoms with Gasteiger partial charge < -0.3 is 20.1 Å². The second kappa shape index (κ2) is 7.70. The van der Waals surface area contributed by atoms with Crippen LogP contribution in [0.15, 0.2) is 48.5 Å². The fraction of sp³-hybridized carbons (Fsp3) is 0.263. The average molecular weight is 342 g/mol. The van der Waals surface area contributed by atoms with Gasteiger partial charge in [-0.15, -0.1) is 0 Å². The highest BCUT2D eigenvalue weighted by Gasteiger charge is 2.36. The normalized spacial score (nSPS) is 10.7. The number of benzene rings is 2. The molecule has 6 nitrogen and oxygen atoms in total. The van der Waals surface area contributed by atoms with Crippen LogP contribution in [0.2, 0.25) is 0 Å². The molecule has 0 radical (unpaired) electrons. The van der Waals surface area contributed by atoms with E-state index in [0.717, 1.165) is 0 Å². The third-order valence-corrected chi connectivity index (χ3v) is 3.82. The molecule has 2 aromatic carbocycles. The number of hydrogen-bond acceptors (Lipinski definition) is 4. The lowest BCUT2D eigenvalue weighted by Gasteiger charge is -2.23. The second-order valence-electron chi connectivity index (χ2n) is 5.97. The van der Waals surface area contributed by atoms with Crippen molar-refractivity contribution in [2.24, 2.45) is 5.41 Å². The van der Waals surface area contributed by atoms with Crippen molar-refractivity contribution in [1.82, 2.24) is 0 Å². The molecule has 0 saturated heterocycles. The van der Waals surface area contributed by atoms with Crippen LogP contribution >= 0.6 is 0 Å². The van der Waals surface area contributed by atoms with Gasteiger partial charge in [0.2, 0.25) is 11.8 Å². The van der Waals surface area contributed by atoms with Crippen molar-refractivity contribution in [2.45, 2.75) is 13.8 Å². The molecule has 0 unspecified atom stereocenters. The molecule has 2 amide bonds. The molecule has 6 heteroatoms. The summed E-state index contributed by atoms with van der Waals surface area (Å²) in [6.45, 7) is 3.13. The molecule has 2 rings (SSSR count). The van der Waals surface area contributed by atoms with Crippen LogP contribution in [0.3, 0.4) is 0 Å². The summed E-state index contributed by atoms with van der Waals surface area (Å²) in [6.07, 6.45) is 0. The van der Waals surface area contributed by atoms with Crippen LogP contribution in [0.1, 0.15) is 13.8 Å². The fourth-order valence-corrected chi connectivity index (χ4v) is 2.12. The van der Waals surface area contributed by atoms with Gasteiger partial charge in [0.05, 0.1) is 19.9 Å². The monoisotopic (exact) mass is 342 g/mol. The lowest BCUT2D eigenvalue weighted by Crippen LogP contribution is -2.41. The molecule has 0 aliphatic carbocycles. The summed E-state index contributed by atoms with van der Waals surface area (Å²) in [5.74, 6) is 0.291. The molecular weight excluding hydrogens is 320 g/mol. The van der Waals surface area contributed by atoms with Crippen molar-refractivity contribution in [3.63, 3.8) is 0 Å². The van der Waals surface area contributed by atoms with E-state index in [9.17, 15) is 9.59 Å². The summed E-state index contributed by atoms with van der Waals surface area (Å²) in [6, 6.07) is 14.0. The van der Waals surface area contributed by atoms with Gasteiger partial charge in [0.15, 0.2) is 0 Å². The molecule has 2 aromatic rings. The Morgan fingerprint density at radius 2 is 1.56 bits per heavy atom. The molecule has 132 valence electrons. The Morgan fingerprint density at radius 1 is 0.880 bits per heavy atom. The third kappa shape index (κ3) is 4.29. The zero-order chi connectivity index (χ0) is 18.4. The Balaban J connectivity index is 2.13. The van der Waals surface area contributed by atoms with E-state index in [1.807, 2.05) is 0 Å². The summed E-state index contributed by atoms with van der Waals surface area (Å²) in [5.41, 5.74) is -0.219. The number of carbonyl (C=O) groups excluding carboxylic acids is 2. The van der Waals surface area contributed by atoms with E-state index in [1.165, 1.54) is 7.11 Å². The van der Waals surface area contributed by atoms with Crippen molar-refractivity contribution >= 4 is 23.2 Å².